The van der Waals surface area contributed by atoms with Gasteiger partial charge in [0.15, 0.2) is 0 Å². The summed E-state index contributed by atoms with van der Waals surface area (Å²) in [5.41, 5.74) is 2.35. The molecule has 1 N–H and O–H groups in total. The molecule has 0 saturated heterocycles. The van der Waals surface area contributed by atoms with E-state index in [9.17, 15) is 5.11 Å². The van der Waals surface area contributed by atoms with Crippen LogP contribution in [0.15, 0.2) is 34.8 Å². The van der Waals surface area contributed by atoms with Crippen LogP contribution >= 0.6 is 39.1 Å². The number of aliphatic hydroxyl groups excluding tert-OH is 1. The van der Waals surface area contributed by atoms with Crippen LogP contribution in [0.5, 0.6) is 5.75 Å². The van der Waals surface area contributed by atoms with Crippen LogP contribution in [-0.4, -0.2) is 12.2 Å². The van der Waals surface area contributed by atoms with Gasteiger partial charge in [-0.1, -0.05) is 51.3 Å². The van der Waals surface area contributed by atoms with Crippen molar-refractivity contribution in [3.05, 3.63) is 61.5 Å². The molecule has 0 spiro atoms. The van der Waals surface area contributed by atoms with Gasteiger partial charge >= 0.3 is 0 Å². The summed E-state index contributed by atoms with van der Waals surface area (Å²) in [6.45, 7) is 1.96. The fourth-order valence-electron chi connectivity index (χ4n) is 1.93. The Hall–Kier alpha value is -0.740. The van der Waals surface area contributed by atoms with E-state index in [4.69, 9.17) is 27.9 Å². The van der Waals surface area contributed by atoms with Crippen molar-refractivity contribution in [3.8, 4) is 5.75 Å². The van der Waals surface area contributed by atoms with Crippen molar-refractivity contribution >= 4 is 39.1 Å². The monoisotopic (exact) mass is 374 g/mol. The van der Waals surface area contributed by atoms with Crippen LogP contribution in [0, 0.1) is 6.92 Å². The molecule has 0 radical (unpaired) electrons. The van der Waals surface area contributed by atoms with Gasteiger partial charge in [-0.25, -0.2) is 0 Å². The molecular weight excluding hydrogens is 363 g/mol. The third-order valence-corrected chi connectivity index (χ3v) is 4.58. The maximum absolute atomic E-state index is 10.5. The summed E-state index contributed by atoms with van der Waals surface area (Å²) in [7, 11) is 1.52. The number of aliphatic hydroxyl groups is 1. The van der Waals surface area contributed by atoms with Crippen molar-refractivity contribution in [2.45, 2.75) is 13.0 Å². The number of hydrogen-bond donors (Lipinski definition) is 1. The molecule has 2 rings (SSSR count). The van der Waals surface area contributed by atoms with E-state index in [0.717, 1.165) is 15.6 Å². The molecule has 0 fully saturated rings. The lowest BCUT2D eigenvalue weighted by Gasteiger charge is -2.16. The minimum atomic E-state index is -0.835. The zero-order chi connectivity index (χ0) is 14.9. The van der Waals surface area contributed by atoms with Crippen LogP contribution in [0.25, 0.3) is 0 Å². The number of rotatable bonds is 3. The zero-order valence-corrected chi connectivity index (χ0v) is 14.1. The molecule has 0 saturated carbocycles. The van der Waals surface area contributed by atoms with Crippen molar-refractivity contribution in [2.24, 2.45) is 0 Å². The minimum Gasteiger partial charge on any atom is -0.495 e. The molecule has 0 aliphatic rings. The van der Waals surface area contributed by atoms with Gasteiger partial charge in [0, 0.05) is 16.1 Å². The van der Waals surface area contributed by atoms with Gasteiger partial charge in [0.25, 0.3) is 0 Å². The molecule has 0 heterocycles. The van der Waals surface area contributed by atoms with Crippen molar-refractivity contribution in [1.82, 2.24) is 0 Å². The Balaban J connectivity index is 2.45. The SMILES string of the molecule is COc1cc(Cl)c(C(O)c2ccc(Br)c(C)c2)cc1Cl. The fourth-order valence-corrected chi connectivity index (χ4v) is 2.68. The fraction of sp³-hybridized carbons (Fsp3) is 0.200. The van der Waals surface area contributed by atoms with Gasteiger partial charge in [0.1, 0.15) is 11.9 Å². The molecule has 2 nitrogen and oxygen atoms in total. The van der Waals surface area contributed by atoms with Crippen LogP contribution in [0.3, 0.4) is 0 Å². The summed E-state index contributed by atoms with van der Waals surface area (Å²) in [6.07, 6.45) is -0.835. The van der Waals surface area contributed by atoms with Gasteiger partial charge in [-0.15, -0.1) is 0 Å². The summed E-state index contributed by atoms with van der Waals surface area (Å²) in [6, 6.07) is 8.88. The van der Waals surface area contributed by atoms with Gasteiger partial charge in [0.05, 0.1) is 17.2 Å². The lowest BCUT2D eigenvalue weighted by atomic mass is 10.00. The van der Waals surface area contributed by atoms with E-state index in [1.807, 2.05) is 25.1 Å². The van der Waals surface area contributed by atoms with Gasteiger partial charge in [-0.2, -0.15) is 0 Å². The summed E-state index contributed by atoms with van der Waals surface area (Å²) in [5, 5.41) is 11.3. The van der Waals surface area contributed by atoms with Crippen LogP contribution in [0.2, 0.25) is 10.0 Å². The number of halogens is 3. The van der Waals surface area contributed by atoms with E-state index in [-0.39, 0.29) is 0 Å². The predicted molar refractivity (Wildman–Crippen MR) is 86.0 cm³/mol. The summed E-state index contributed by atoms with van der Waals surface area (Å²) < 4.78 is 6.09. The van der Waals surface area contributed by atoms with Crippen LogP contribution in [0.4, 0.5) is 0 Å². The number of aryl methyl sites for hydroxylation is 1. The number of ether oxygens (including phenoxy) is 1. The molecule has 5 heteroatoms. The molecule has 0 aliphatic heterocycles. The Labute approximate surface area is 136 Å². The minimum absolute atomic E-state index is 0.416. The molecule has 0 amide bonds. The molecule has 2 aromatic rings. The number of methoxy groups -OCH3 is 1. The van der Waals surface area contributed by atoms with Crippen LogP contribution < -0.4 is 4.74 Å². The molecule has 0 bridgehead atoms. The quantitative estimate of drug-likeness (QED) is 0.803. The third kappa shape index (κ3) is 3.12. The average Bonchev–Trinajstić information content (AvgIpc) is 2.43. The topological polar surface area (TPSA) is 29.5 Å². The first kappa shape index (κ1) is 15.6. The first-order valence-corrected chi connectivity index (χ1v) is 7.46. The summed E-state index contributed by atoms with van der Waals surface area (Å²) in [4.78, 5) is 0. The Morgan fingerprint density at radius 1 is 1.15 bits per heavy atom. The van der Waals surface area contributed by atoms with Crippen molar-refractivity contribution in [3.63, 3.8) is 0 Å². The van der Waals surface area contributed by atoms with E-state index in [1.54, 1.807) is 12.1 Å². The van der Waals surface area contributed by atoms with E-state index >= 15 is 0 Å². The molecule has 20 heavy (non-hydrogen) atoms. The van der Waals surface area contributed by atoms with Gasteiger partial charge in [0.2, 0.25) is 0 Å². The second-order valence-electron chi connectivity index (χ2n) is 4.42. The first-order valence-electron chi connectivity index (χ1n) is 5.91. The standard InChI is InChI=1S/C15H13BrCl2O2/c1-8-5-9(3-4-11(8)16)15(19)10-6-13(18)14(20-2)7-12(10)17/h3-7,15,19H,1-2H3. The van der Waals surface area contributed by atoms with Gasteiger partial charge < -0.3 is 9.84 Å². The number of hydrogen-bond acceptors (Lipinski definition) is 2. The van der Waals surface area contributed by atoms with Gasteiger partial charge in [-0.05, 0) is 30.2 Å². The van der Waals surface area contributed by atoms with E-state index in [0.29, 0.717) is 21.4 Å². The lowest BCUT2D eigenvalue weighted by Crippen LogP contribution is -2.02. The highest BCUT2D eigenvalue weighted by atomic mass is 79.9. The number of benzene rings is 2. The first-order chi connectivity index (χ1) is 9.43. The van der Waals surface area contributed by atoms with Crippen molar-refractivity contribution < 1.29 is 9.84 Å². The normalized spacial score (nSPS) is 12.3. The Bertz CT molecular complexity index is 644. The van der Waals surface area contributed by atoms with E-state index < -0.39 is 6.10 Å². The largest absolute Gasteiger partial charge is 0.495 e. The predicted octanol–water partition coefficient (Wildman–Crippen LogP) is 5.15. The van der Waals surface area contributed by atoms with Gasteiger partial charge in [-0.3, -0.25) is 0 Å². The Morgan fingerprint density at radius 3 is 2.45 bits per heavy atom. The molecule has 1 unspecified atom stereocenters. The van der Waals surface area contributed by atoms with Crippen molar-refractivity contribution in [1.29, 1.82) is 0 Å². The summed E-state index contributed by atoms with van der Waals surface area (Å²) in [5.74, 6) is 0.486. The zero-order valence-electron chi connectivity index (χ0n) is 11.0. The molecular formula is C15H13BrCl2O2. The smallest absolute Gasteiger partial charge is 0.138 e. The molecule has 0 aromatic heterocycles. The Kier molecular flexibility index (Phi) is 4.97. The van der Waals surface area contributed by atoms with Crippen LogP contribution in [0.1, 0.15) is 22.8 Å². The second kappa shape index (κ2) is 6.35. The second-order valence-corrected chi connectivity index (χ2v) is 6.09. The molecule has 0 aliphatic carbocycles. The Morgan fingerprint density at radius 2 is 1.85 bits per heavy atom. The maximum atomic E-state index is 10.5. The lowest BCUT2D eigenvalue weighted by molar-refractivity contribution is 0.220. The molecule has 2 aromatic carbocycles. The van der Waals surface area contributed by atoms with Crippen molar-refractivity contribution in [2.75, 3.05) is 7.11 Å². The third-order valence-electron chi connectivity index (χ3n) is 3.06. The summed E-state index contributed by atoms with van der Waals surface area (Å²) >= 11 is 15.7. The molecule has 1 atom stereocenters. The van der Waals surface area contributed by atoms with E-state index in [2.05, 4.69) is 15.9 Å². The average molecular weight is 376 g/mol. The maximum Gasteiger partial charge on any atom is 0.138 e. The highest BCUT2D eigenvalue weighted by Gasteiger charge is 2.17. The van der Waals surface area contributed by atoms with E-state index in [1.165, 1.54) is 7.11 Å². The highest BCUT2D eigenvalue weighted by Crippen LogP contribution is 2.36. The highest BCUT2D eigenvalue weighted by molar-refractivity contribution is 9.10. The molecule has 106 valence electrons. The van der Waals surface area contributed by atoms with Crippen LogP contribution in [-0.2, 0) is 0 Å².